The van der Waals surface area contributed by atoms with E-state index in [9.17, 15) is 9.59 Å². The van der Waals surface area contributed by atoms with Gasteiger partial charge >= 0.3 is 5.97 Å². The predicted molar refractivity (Wildman–Crippen MR) is 95.1 cm³/mol. The maximum absolute atomic E-state index is 12.1. The van der Waals surface area contributed by atoms with E-state index in [2.05, 4.69) is 5.32 Å². The van der Waals surface area contributed by atoms with Crippen molar-refractivity contribution >= 4 is 29.2 Å². The first-order valence-electron chi connectivity index (χ1n) is 7.76. The Balaban J connectivity index is 1.85. The van der Waals surface area contributed by atoms with E-state index in [-0.39, 0.29) is 12.3 Å². The third-order valence-electron chi connectivity index (χ3n) is 3.61. The molecule has 0 heterocycles. The van der Waals surface area contributed by atoms with Crippen LogP contribution in [0, 0.1) is 0 Å². The molecule has 0 bridgehead atoms. The molecule has 2 atom stereocenters. The van der Waals surface area contributed by atoms with Gasteiger partial charge in [0.25, 0.3) is 5.91 Å². The lowest BCUT2D eigenvalue weighted by Crippen LogP contribution is -2.30. The summed E-state index contributed by atoms with van der Waals surface area (Å²) in [6, 6.07) is 16.5. The minimum atomic E-state index is -0.876. The van der Waals surface area contributed by atoms with Crippen molar-refractivity contribution in [3.63, 3.8) is 0 Å². The second-order valence-corrected chi connectivity index (χ2v) is 6.08. The largest absolute Gasteiger partial charge is 0.453 e. The molecule has 0 saturated heterocycles. The van der Waals surface area contributed by atoms with Crippen LogP contribution in [0.5, 0.6) is 0 Å². The quantitative estimate of drug-likeness (QED) is 0.789. The van der Waals surface area contributed by atoms with E-state index in [1.165, 1.54) is 0 Å². The van der Waals surface area contributed by atoms with Crippen LogP contribution < -0.4 is 5.32 Å². The summed E-state index contributed by atoms with van der Waals surface area (Å²) in [6.07, 6.45) is -0.654. The molecule has 0 aliphatic heterocycles. The smallest absolute Gasteiger partial charge is 0.307 e. The first kappa shape index (κ1) is 18.0. The molecule has 5 heteroatoms. The standard InChI is InChI=1S/C19H20ClNO3/c1-13(15-7-4-3-5-8-15)11-18(22)24-14(2)19(23)21-17-10-6-9-16(20)12-17/h3-10,12-14H,11H2,1-2H3,(H,21,23)/t13-,14+/m1/s1. The summed E-state index contributed by atoms with van der Waals surface area (Å²) < 4.78 is 5.22. The van der Waals surface area contributed by atoms with Gasteiger partial charge in [0, 0.05) is 10.7 Å². The van der Waals surface area contributed by atoms with Crippen LogP contribution in [0.2, 0.25) is 5.02 Å². The first-order valence-corrected chi connectivity index (χ1v) is 8.14. The molecular weight excluding hydrogens is 326 g/mol. The van der Waals surface area contributed by atoms with Crippen molar-refractivity contribution in [2.24, 2.45) is 0 Å². The number of rotatable bonds is 6. The molecule has 0 spiro atoms. The zero-order valence-electron chi connectivity index (χ0n) is 13.7. The lowest BCUT2D eigenvalue weighted by molar-refractivity contribution is -0.153. The molecule has 2 rings (SSSR count). The molecule has 0 aromatic heterocycles. The average Bonchev–Trinajstić information content (AvgIpc) is 2.55. The second kappa shape index (κ2) is 8.50. The zero-order valence-corrected chi connectivity index (χ0v) is 14.4. The number of hydrogen-bond acceptors (Lipinski definition) is 3. The number of ether oxygens (including phenoxy) is 1. The highest BCUT2D eigenvalue weighted by Crippen LogP contribution is 2.19. The Morgan fingerprint density at radius 3 is 2.46 bits per heavy atom. The number of halogens is 1. The predicted octanol–water partition coefficient (Wildman–Crippen LogP) is 4.40. The van der Waals surface area contributed by atoms with E-state index in [0.29, 0.717) is 10.7 Å². The van der Waals surface area contributed by atoms with E-state index in [1.807, 2.05) is 37.3 Å². The van der Waals surface area contributed by atoms with Gasteiger partial charge in [0.05, 0.1) is 6.42 Å². The number of carbonyl (C=O) groups excluding carboxylic acids is 2. The Hall–Kier alpha value is -2.33. The number of benzene rings is 2. The van der Waals surface area contributed by atoms with E-state index in [1.54, 1.807) is 31.2 Å². The molecular formula is C19H20ClNO3. The number of anilines is 1. The van der Waals surface area contributed by atoms with Gasteiger partial charge in [-0.15, -0.1) is 0 Å². The number of amides is 1. The summed E-state index contributed by atoms with van der Waals surface area (Å²) in [7, 11) is 0. The van der Waals surface area contributed by atoms with E-state index in [0.717, 1.165) is 5.56 Å². The van der Waals surface area contributed by atoms with Crippen LogP contribution in [0.4, 0.5) is 5.69 Å². The van der Waals surface area contributed by atoms with Crippen LogP contribution >= 0.6 is 11.6 Å². The van der Waals surface area contributed by atoms with Crippen LogP contribution in [0.15, 0.2) is 54.6 Å². The highest BCUT2D eigenvalue weighted by molar-refractivity contribution is 6.30. The Bertz CT molecular complexity index is 703. The Kier molecular flexibility index (Phi) is 6.38. The molecule has 1 amide bonds. The maximum atomic E-state index is 12.1. The molecule has 0 fully saturated rings. The molecule has 24 heavy (non-hydrogen) atoms. The third-order valence-corrected chi connectivity index (χ3v) is 3.85. The highest BCUT2D eigenvalue weighted by Gasteiger charge is 2.20. The summed E-state index contributed by atoms with van der Waals surface area (Å²) in [5.41, 5.74) is 1.62. The van der Waals surface area contributed by atoms with E-state index in [4.69, 9.17) is 16.3 Å². The van der Waals surface area contributed by atoms with Gasteiger partial charge in [-0.25, -0.2) is 0 Å². The lowest BCUT2D eigenvalue weighted by Gasteiger charge is -2.16. The first-order chi connectivity index (χ1) is 11.5. The van der Waals surface area contributed by atoms with Crippen LogP contribution in [-0.2, 0) is 14.3 Å². The van der Waals surface area contributed by atoms with E-state index >= 15 is 0 Å². The Labute approximate surface area is 146 Å². The molecule has 1 N–H and O–H groups in total. The van der Waals surface area contributed by atoms with Gasteiger partial charge in [0.1, 0.15) is 0 Å². The van der Waals surface area contributed by atoms with Crippen LogP contribution in [-0.4, -0.2) is 18.0 Å². The minimum Gasteiger partial charge on any atom is -0.453 e. The van der Waals surface area contributed by atoms with Crippen LogP contribution in [0.25, 0.3) is 0 Å². The topological polar surface area (TPSA) is 55.4 Å². The normalized spacial score (nSPS) is 13.0. The van der Waals surface area contributed by atoms with Gasteiger partial charge in [-0.1, -0.05) is 54.9 Å². The van der Waals surface area contributed by atoms with Crippen molar-refractivity contribution in [2.45, 2.75) is 32.3 Å². The third kappa shape index (κ3) is 5.39. The fourth-order valence-electron chi connectivity index (χ4n) is 2.26. The van der Waals surface area contributed by atoms with Crippen molar-refractivity contribution in [2.75, 3.05) is 5.32 Å². The monoisotopic (exact) mass is 345 g/mol. The number of carbonyl (C=O) groups is 2. The van der Waals surface area contributed by atoms with Gasteiger partial charge in [0.2, 0.25) is 0 Å². The highest BCUT2D eigenvalue weighted by atomic mass is 35.5. The SMILES string of the molecule is C[C@H](OC(=O)C[C@@H](C)c1ccccc1)C(=O)Nc1cccc(Cl)c1. The van der Waals surface area contributed by atoms with Crippen molar-refractivity contribution in [3.8, 4) is 0 Å². The Morgan fingerprint density at radius 2 is 1.79 bits per heavy atom. The molecule has 0 aliphatic carbocycles. The van der Waals surface area contributed by atoms with Crippen molar-refractivity contribution in [1.29, 1.82) is 0 Å². The van der Waals surface area contributed by atoms with Crippen molar-refractivity contribution in [1.82, 2.24) is 0 Å². The zero-order chi connectivity index (χ0) is 17.5. The Morgan fingerprint density at radius 1 is 1.08 bits per heavy atom. The number of hydrogen-bond donors (Lipinski definition) is 1. The number of nitrogens with one attached hydrogen (secondary N) is 1. The molecule has 126 valence electrons. The van der Waals surface area contributed by atoms with Crippen molar-refractivity contribution < 1.29 is 14.3 Å². The van der Waals surface area contributed by atoms with Gasteiger partial charge in [0.15, 0.2) is 6.10 Å². The molecule has 2 aromatic carbocycles. The maximum Gasteiger partial charge on any atom is 0.307 e. The summed E-state index contributed by atoms with van der Waals surface area (Å²) in [6.45, 7) is 3.50. The molecule has 0 aliphatic rings. The summed E-state index contributed by atoms with van der Waals surface area (Å²) in [4.78, 5) is 24.1. The van der Waals surface area contributed by atoms with Gasteiger partial charge in [-0.3, -0.25) is 9.59 Å². The van der Waals surface area contributed by atoms with Gasteiger partial charge in [-0.2, -0.15) is 0 Å². The molecule has 0 radical (unpaired) electrons. The molecule has 2 aromatic rings. The summed E-state index contributed by atoms with van der Waals surface area (Å²) in [5, 5.41) is 3.19. The summed E-state index contributed by atoms with van der Waals surface area (Å²) >= 11 is 5.87. The van der Waals surface area contributed by atoms with E-state index < -0.39 is 18.0 Å². The van der Waals surface area contributed by atoms with Gasteiger partial charge < -0.3 is 10.1 Å². The fraction of sp³-hybridized carbons (Fsp3) is 0.263. The summed E-state index contributed by atoms with van der Waals surface area (Å²) in [5.74, 6) is -0.764. The fourth-order valence-corrected chi connectivity index (χ4v) is 2.45. The second-order valence-electron chi connectivity index (χ2n) is 5.65. The molecule has 0 saturated carbocycles. The molecule has 4 nitrogen and oxygen atoms in total. The van der Waals surface area contributed by atoms with Crippen LogP contribution in [0.1, 0.15) is 31.7 Å². The molecule has 0 unspecified atom stereocenters. The van der Waals surface area contributed by atoms with Crippen molar-refractivity contribution in [3.05, 3.63) is 65.2 Å². The average molecular weight is 346 g/mol. The lowest BCUT2D eigenvalue weighted by atomic mass is 9.98. The van der Waals surface area contributed by atoms with Crippen LogP contribution in [0.3, 0.4) is 0 Å². The van der Waals surface area contributed by atoms with Gasteiger partial charge in [-0.05, 0) is 36.6 Å². The minimum absolute atomic E-state index is 0.0295. The number of esters is 1.